The topological polar surface area (TPSA) is 53.4 Å². The predicted molar refractivity (Wildman–Crippen MR) is 71.7 cm³/mol. The summed E-state index contributed by atoms with van der Waals surface area (Å²) < 4.78 is 0. The highest BCUT2D eigenvalue weighted by molar-refractivity contribution is 6.29. The zero-order valence-corrected chi connectivity index (χ0v) is 11.5. The molecule has 0 fully saturated rings. The van der Waals surface area contributed by atoms with E-state index in [0.717, 1.165) is 12.8 Å². The van der Waals surface area contributed by atoms with Gasteiger partial charge in [-0.25, -0.2) is 4.98 Å². The van der Waals surface area contributed by atoms with Gasteiger partial charge in [0.1, 0.15) is 10.8 Å². The quantitative estimate of drug-likeness (QED) is 0.808. The monoisotopic (exact) mass is 270 g/mol. The van der Waals surface area contributed by atoms with Crippen molar-refractivity contribution in [2.24, 2.45) is 0 Å². The zero-order valence-electron chi connectivity index (χ0n) is 10.8. The normalized spacial score (nSPS) is 10.7. The van der Waals surface area contributed by atoms with Crippen LogP contribution in [0.3, 0.4) is 0 Å². The van der Waals surface area contributed by atoms with Gasteiger partial charge in [-0.2, -0.15) is 0 Å². The number of hydrogen-bond donors (Lipinski definition) is 1. The van der Waals surface area contributed by atoms with E-state index in [1.54, 1.807) is 23.1 Å². The van der Waals surface area contributed by atoms with Crippen molar-refractivity contribution in [1.82, 2.24) is 9.88 Å². The number of halogens is 1. The lowest BCUT2D eigenvalue weighted by Crippen LogP contribution is -2.41. The molecule has 18 heavy (non-hydrogen) atoms. The molecule has 1 rings (SSSR count). The third kappa shape index (κ3) is 3.68. The van der Waals surface area contributed by atoms with E-state index in [4.69, 9.17) is 16.7 Å². The first kappa shape index (κ1) is 14.9. The summed E-state index contributed by atoms with van der Waals surface area (Å²) in [7, 11) is 0. The number of rotatable bonds is 6. The molecule has 0 aliphatic rings. The molecule has 1 aromatic rings. The van der Waals surface area contributed by atoms with Gasteiger partial charge in [-0.3, -0.25) is 4.79 Å². The third-order valence-electron chi connectivity index (χ3n) is 2.92. The Bertz CT molecular complexity index is 394. The second-order valence-corrected chi connectivity index (χ2v) is 4.43. The minimum atomic E-state index is -0.180. The number of aliphatic hydroxyl groups is 1. The van der Waals surface area contributed by atoms with E-state index in [-0.39, 0.29) is 18.6 Å². The summed E-state index contributed by atoms with van der Waals surface area (Å²) in [5.74, 6) is -0.180. The van der Waals surface area contributed by atoms with E-state index in [9.17, 15) is 4.79 Å². The van der Waals surface area contributed by atoms with Gasteiger partial charge in [0.05, 0.1) is 6.61 Å². The first-order valence-corrected chi connectivity index (χ1v) is 6.56. The highest BCUT2D eigenvalue weighted by Crippen LogP contribution is 2.13. The van der Waals surface area contributed by atoms with Gasteiger partial charge in [0, 0.05) is 12.6 Å². The van der Waals surface area contributed by atoms with Crippen LogP contribution in [-0.4, -0.2) is 40.1 Å². The Kier molecular flexibility index (Phi) is 6.09. The van der Waals surface area contributed by atoms with Crippen molar-refractivity contribution in [3.63, 3.8) is 0 Å². The summed E-state index contributed by atoms with van der Waals surface area (Å²) >= 11 is 5.79. The molecular weight excluding hydrogens is 252 g/mol. The number of amides is 1. The lowest BCUT2D eigenvalue weighted by molar-refractivity contribution is 0.0616. The fraction of sp³-hybridized carbons (Fsp3) is 0.538. The van der Waals surface area contributed by atoms with Crippen LogP contribution < -0.4 is 0 Å². The molecule has 4 nitrogen and oxygen atoms in total. The maximum atomic E-state index is 12.3. The van der Waals surface area contributed by atoms with E-state index in [1.807, 2.05) is 13.8 Å². The summed E-state index contributed by atoms with van der Waals surface area (Å²) in [6.45, 7) is 4.32. The minimum absolute atomic E-state index is 0.0528. The van der Waals surface area contributed by atoms with Crippen LogP contribution in [-0.2, 0) is 0 Å². The molecule has 1 amide bonds. The van der Waals surface area contributed by atoms with Gasteiger partial charge in [-0.05, 0) is 25.0 Å². The number of carbonyl (C=O) groups is 1. The zero-order chi connectivity index (χ0) is 13.5. The standard InChI is InChI=1S/C13H19ClN2O2/c1-3-10(4-2)16(8-9-17)13(18)11-6-5-7-12(14)15-11/h5-7,10,17H,3-4,8-9H2,1-2H3. The minimum Gasteiger partial charge on any atom is -0.395 e. The summed E-state index contributed by atoms with van der Waals surface area (Å²) in [6, 6.07) is 5.09. The van der Waals surface area contributed by atoms with Crippen LogP contribution in [0.2, 0.25) is 5.15 Å². The molecule has 100 valence electrons. The van der Waals surface area contributed by atoms with Crippen LogP contribution in [0.25, 0.3) is 0 Å². The van der Waals surface area contributed by atoms with Gasteiger partial charge < -0.3 is 10.0 Å². The third-order valence-corrected chi connectivity index (χ3v) is 3.13. The largest absolute Gasteiger partial charge is 0.395 e. The Morgan fingerprint density at radius 3 is 2.61 bits per heavy atom. The number of hydrogen-bond acceptors (Lipinski definition) is 3. The molecule has 0 saturated carbocycles. The van der Waals surface area contributed by atoms with Crippen molar-refractivity contribution >= 4 is 17.5 Å². The molecule has 0 radical (unpaired) electrons. The Hall–Kier alpha value is -1.13. The number of aromatic nitrogens is 1. The predicted octanol–water partition coefficient (Wildman–Crippen LogP) is 2.36. The van der Waals surface area contributed by atoms with Crippen molar-refractivity contribution < 1.29 is 9.90 Å². The average Bonchev–Trinajstić information content (AvgIpc) is 2.38. The number of pyridine rings is 1. The highest BCUT2D eigenvalue weighted by atomic mass is 35.5. The number of nitrogens with zero attached hydrogens (tertiary/aromatic N) is 2. The lowest BCUT2D eigenvalue weighted by atomic mass is 10.1. The fourth-order valence-corrected chi connectivity index (χ4v) is 2.13. The Morgan fingerprint density at radius 1 is 1.44 bits per heavy atom. The van der Waals surface area contributed by atoms with Crippen LogP contribution in [0.1, 0.15) is 37.2 Å². The summed E-state index contributed by atoms with van der Waals surface area (Å²) in [5, 5.41) is 9.39. The fourth-order valence-electron chi connectivity index (χ4n) is 1.96. The van der Waals surface area contributed by atoms with Gasteiger partial charge >= 0.3 is 0 Å². The number of aliphatic hydroxyl groups excluding tert-OH is 1. The van der Waals surface area contributed by atoms with Crippen LogP contribution in [0.15, 0.2) is 18.2 Å². The molecule has 0 bridgehead atoms. The van der Waals surface area contributed by atoms with E-state index < -0.39 is 0 Å². The molecule has 0 spiro atoms. The van der Waals surface area contributed by atoms with Crippen molar-refractivity contribution in [3.05, 3.63) is 29.0 Å². The van der Waals surface area contributed by atoms with Gasteiger partial charge in [0.25, 0.3) is 5.91 Å². The van der Waals surface area contributed by atoms with Crippen molar-refractivity contribution in [3.8, 4) is 0 Å². The van der Waals surface area contributed by atoms with Gasteiger partial charge in [-0.1, -0.05) is 31.5 Å². The van der Waals surface area contributed by atoms with Crippen molar-refractivity contribution in [2.45, 2.75) is 32.7 Å². The molecule has 0 aliphatic carbocycles. The molecule has 0 aromatic carbocycles. The molecule has 1 aromatic heterocycles. The molecular formula is C13H19ClN2O2. The average molecular weight is 271 g/mol. The molecule has 0 aliphatic heterocycles. The molecule has 1 N–H and O–H groups in total. The Morgan fingerprint density at radius 2 is 2.11 bits per heavy atom. The Balaban J connectivity index is 2.95. The maximum absolute atomic E-state index is 12.3. The number of carbonyl (C=O) groups excluding carboxylic acids is 1. The molecule has 5 heteroatoms. The van der Waals surface area contributed by atoms with Crippen molar-refractivity contribution in [2.75, 3.05) is 13.2 Å². The summed E-state index contributed by atoms with van der Waals surface area (Å²) in [5.41, 5.74) is 0.322. The van der Waals surface area contributed by atoms with E-state index in [1.165, 1.54) is 0 Å². The first-order chi connectivity index (χ1) is 8.63. The maximum Gasteiger partial charge on any atom is 0.272 e. The Labute approximate surface area is 113 Å². The smallest absolute Gasteiger partial charge is 0.272 e. The SMILES string of the molecule is CCC(CC)N(CCO)C(=O)c1cccc(Cl)n1. The van der Waals surface area contributed by atoms with E-state index in [0.29, 0.717) is 17.4 Å². The highest BCUT2D eigenvalue weighted by Gasteiger charge is 2.22. The van der Waals surface area contributed by atoms with Gasteiger partial charge in [-0.15, -0.1) is 0 Å². The van der Waals surface area contributed by atoms with E-state index >= 15 is 0 Å². The molecule has 1 heterocycles. The summed E-state index contributed by atoms with van der Waals surface area (Å²) in [6.07, 6.45) is 1.70. The second-order valence-electron chi connectivity index (χ2n) is 4.04. The van der Waals surface area contributed by atoms with Crippen LogP contribution in [0.5, 0.6) is 0 Å². The molecule has 0 atom stereocenters. The first-order valence-electron chi connectivity index (χ1n) is 6.18. The second kappa shape index (κ2) is 7.34. The van der Waals surface area contributed by atoms with Crippen molar-refractivity contribution in [1.29, 1.82) is 0 Å². The van der Waals surface area contributed by atoms with Gasteiger partial charge in [0.15, 0.2) is 0 Å². The summed E-state index contributed by atoms with van der Waals surface area (Å²) in [4.78, 5) is 18.0. The van der Waals surface area contributed by atoms with Gasteiger partial charge in [0.2, 0.25) is 0 Å². The van der Waals surface area contributed by atoms with Crippen LogP contribution in [0, 0.1) is 0 Å². The van der Waals surface area contributed by atoms with E-state index in [2.05, 4.69) is 4.98 Å². The molecule has 0 unspecified atom stereocenters. The van der Waals surface area contributed by atoms with Crippen LogP contribution >= 0.6 is 11.6 Å². The molecule has 0 saturated heterocycles. The lowest BCUT2D eigenvalue weighted by Gasteiger charge is -2.29. The van der Waals surface area contributed by atoms with Crippen LogP contribution in [0.4, 0.5) is 0 Å².